The van der Waals surface area contributed by atoms with Gasteiger partial charge in [-0.05, 0) is 109 Å². The zero-order chi connectivity index (χ0) is 24.3. The predicted molar refractivity (Wildman–Crippen MR) is 136 cm³/mol. The summed E-state index contributed by atoms with van der Waals surface area (Å²) in [7, 11) is 2.84. The fraction of sp³-hybridized carbons (Fsp3) is 0.769. The summed E-state index contributed by atoms with van der Waals surface area (Å²) in [6, 6.07) is 3.89. The molecule has 3 aliphatic rings. The van der Waals surface area contributed by atoms with E-state index in [-0.39, 0.29) is 0 Å². The highest BCUT2D eigenvalue weighted by atomic mass is 16.7. The number of ether oxygens (including phenoxy) is 3. The summed E-state index contributed by atoms with van der Waals surface area (Å²) in [5.74, 6) is 3.34. The standard InChI is InChI=1S/C26H43BN2O5/c1-25(2)26(3,4)34-27(33-25)21-15-22(30-5)24(23(16-21)31-6)32-18-20-9-13-29(14-10-20)17-19-7-11-28-12-8-19/h15-16,19-20,28H,7-14,17-18H2,1-6H3. The van der Waals surface area contributed by atoms with E-state index in [9.17, 15) is 0 Å². The van der Waals surface area contributed by atoms with Crippen molar-refractivity contribution >= 4 is 12.6 Å². The topological polar surface area (TPSA) is 61.4 Å². The van der Waals surface area contributed by atoms with Crippen LogP contribution in [0.4, 0.5) is 0 Å². The first-order valence-corrected chi connectivity index (χ1v) is 12.9. The Morgan fingerprint density at radius 3 is 2.00 bits per heavy atom. The molecule has 0 aliphatic carbocycles. The van der Waals surface area contributed by atoms with E-state index in [1.807, 2.05) is 12.1 Å². The van der Waals surface area contributed by atoms with Gasteiger partial charge in [0.1, 0.15) is 0 Å². The van der Waals surface area contributed by atoms with E-state index in [0.717, 1.165) is 24.5 Å². The highest BCUT2D eigenvalue weighted by Crippen LogP contribution is 2.40. The Kier molecular flexibility index (Phi) is 8.02. The van der Waals surface area contributed by atoms with Gasteiger partial charge in [0.25, 0.3) is 0 Å². The van der Waals surface area contributed by atoms with Gasteiger partial charge < -0.3 is 33.7 Å². The summed E-state index contributed by atoms with van der Waals surface area (Å²) < 4.78 is 30.2. The third kappa shape index (κ3) is 5.67. The molecule has 34 heavy (non-hydrogen) atoms. The Hall–Kier alpha value is -1.48. The van der Waals surface area contributed by atoms with E-state index in [1.54, 1.807) is 14.2 Å². The number of likely N-dealkylation sites (tertiary alicyclic amines) is 1. The molecule has 8 heteroatoms. The van der Waals surface area contributed by atoms with Crippen molar-refractivity contribution in [2.75, 3.05) is 53.6 Å². The second-order valence-corrected chi connectivity index (χ2v) is 11.1. The van der Waals surface area contributed by atoms with E-state index >= 15 is 0 Å². The minimum absolute atomic E-state index is 0.407. The third-order valence-electron chi connectivity index (χ3n) is 8.15. The van der Waals surface area contributed by atoms with E-state index in [0.29, 0.717) is 29.8 Å². The van der Waals surface area contributed by atoms with Crippen molar-refractivity contribution in [3.63, 3.8) is 0 Å². The van der Waals surface area contributed by atoms with Crippen molar-refractivity contribution < 1.29 is 23.5 Å². The van der Waals surface area contributed by atoms with E-state index < -0.39 is 18.3 Å². The van der Waals surface area contributed by atoms with Crippen LogP contribution in [0.3, 0.4) is 0 Å². The molecular weight excluding hydrogens is 431 g/mol. The third-order valence-corrected chi connectivity index (χ3v) is 8.15. The lowest BCUT2D eigenvalue weighted by Crippen LogP contribution is -2.41. The molecule has 0 atom stereocenters. The van der Waals surface area contributed by atoms with Gasteiger partial charge in [-0.2, -0.15) is 0 Å². The Labute approximate surface area is 205 Å². The first-order valence-electron chi connectivity index (χ1n) is 12.9. The van der Waals surface area contributed by atoms with Gasteiger partial charge in [-0.3, -0.25) is 0 Å². The number of nitrogens with zero attached hydrogens (tertiary/aromatic N) is 1. The monoisotopic (exact) mass is 474 g/mol. The SMILES string of the molecule is COc1cc(B2OC(C)(C)C(C)(C)O2)cc(OC)c1OCC1CCN(CC2CCNCC2)CC1. The number of piperidine rings is 2. The van der Waals surface area contributed by atoms with Crippen molar-refractivity contribution in [1.82, 2.24) is 10.2 Å². The molecule has 0 saturated carbocycles. The fourth-order valence-corrected chi connectivity index (χ4v) is 5.12. The lowest BCUT2D eigenvalue weighted by atomic mass is 9.78. The normalized spacial score (nSPS) is 23.8. The van der Waals surface area contributed by atoms with Gasteiger partial charge in [0.05, 0.1) is 32.0 Å². The largest absolute Gasteiger partial charge is 0.495 e. The molecule has 1 aromatic carbocycles. The molecule has 1 aromatic rings. The van der Waals surface area contributed by atoms with Gasteiger partial charge >= 0.3 is 7.12 Å². The van der Waals surface area contributed by atoms with Crippen LogP contribution in [0.5, 0.6) is 17.2 Å². The van der Waals surface area contributed by atoms with E-state index in [4.69, 9.17) is 23.5 Å². The quantitative estimate of drug-likeness (QED) is 0.581. The van der Waals surface area contributed by atoms with Gasteiger partial charge in [0.2, 0.25) is 5.75 Å². The van der Waals surface area contributed by atoms with Crippen molar-refractivity contribution in [2.45, 2.75) is 64.6 Å². The highest BCUT2D eigenvalue weighted by Gasteiger charge is 2.52. The van der Waals surface area contributed by atoms with Crippen LogP contribution in [0.15, 0.2) is 12.1 Å². The Morgan fingerprint density at radius 2 is 1.47 bits per heavy atom. The Bertz CT molecular complexity index is 778. The average molecular weight is 474 g/mol. The van der Waals surface area contributed by atoms with Crippen LogP contribution in [0, 0.1) is 11.8 Å². The summed E-state index contributed by atoms with van der Waals surface area (Å²) in [5.41, 5.74) is 0.0532. The zero-order valence-electron chi connectivity index (χ0n) is 21.9. The minimum Gasteiger partial charge on any atom is -0.493 e. The number of methoxy groups -OCH3 is 2. The average Bonchev–Trinajstić information content (AvgIpc) is 3.05. The van der Waals surface area contributed by atoms with Crippen molar-refractivity contribution in [2.24, 2.45) is 11.8 Å². The van der Waals surface area contributed by atoms with Crippen molar-refractivity contribution in [3.05, 3.63) is 12.1 Å². The van der Waals surface area contributed by atoms with E-state index in [1.165, 1.54) is 45.3 Å². The van der Waals surface area contributed by atoms with Gasteiger partial charge in [-0.1, -0.05) is 0 Å². The van der Waals surface area contributed by atoms with Crippen LogP contribution in [0.25, 0.3) is 0 Å². The first-order chi connectivity index (χ1) is 16.2. The molecule has 0 spiro atoms. The van der Waals surface area contributed by atoms with Crippen LogP contribution >= 0.6 is 0 Å². The second-order valence-electron chi connectivity index (χ2n) is 11.1. The summed E-state index contributed by atoms with van der Waals surface area (Å²) in [4.78, 5) is 2.65. The van der Waals surface area contributed by atoms with Gasteiger partial charge in [0, 0.05) is 6.54 Å². The van der Waals surface area contributed by atoms with Gasteiger partial charge in [-0.25, -0.2) is 0 Å². The highest BCUT2D eigenvalue weighted by molar-refractivity contribution is 6.62. The van der Waals surface area contributed by atoms with Gasteiger partial charge in [-0.15, -0.1) is 0 Å². The molecule has 0 aromatic heterocycles. The molecule has 7 nitrogen and oxygen atoms in total. The summed E-state index contributed by atoms with van der Waals surface area (Å²) in [6.45, 7) is 14.8. The maximum Gasteiger partial charge on any atom is 0.495 e. The molecule has 0 radical (unpaired) electrons. The molecule has 3 aliphatic heterocycles. The Balaban J connectivity index is 1.36. The van der Waals surface area contributed by atoms with Gasteiger partial charge in [0.15, 0.2) is 11.5 Å². The van der Waals surface area contributed by atoms with Crippen LogP contribution in [-0.4, -0.2) is 76.8 Å². The fourth-order valence-electron chi connectivity index (χ4n) is 5.12. The smallest absolute Gasteiger partial charge is 0.493 e. The maximum absolute atomic E-state index is 6.32. The molecule has 190 valence electrons. The lowest BCUT2D eigenvalue weighted by molar-refractivity contribution is 0.00578. The van der Waals surface area contributed by atoms with Crippen molar-refractivity contribution in [1.29, 1.82) is 0 Å². The number of hydrogen-bond donors (Lipinski definition) is 1. The molecule has 3 fully saturated rings. The number of benzene rings is 1. The molecule has 4 rings (SSSR count). The molecule has 0 bridgehead atoms. The molecule has 1 N–H and O–H groups in total. The van der Waals surface area contributed by atoms with E-state index in [2.05, 4.69) is 37.9 Å². The number of nitrogens with one attached hydrogen (secondary N) is 1. The zero-order valence-corrected chi connectivity index (χ0v) is 21.9. The molecular formula is C26H43BN2O5. The van der Waals surface area contributed by atoms with Crippen LogP contribution < -0.4 is 25.0 Å². The van der Waals surface area contributed by atoms with Crippen LogP contribution in [-0.2, 0) is 9.31 Å². The minimum atomic E-state index is -0.480. The molecule has 3 saturated heterocycles. The predicted octanol–water partition coefficient (Wildman–Crippen LogP) is 3.09. The van der Waals surface area contributed by atoms with Crippen molar-refractivity contribution in [3.8, 4) is 17.2 Å². The molecule has 3 heterocycles. The first kappa shape index (κ1) is 25.6. The number of hydrogen-bond acceptors (Lipinski definition) is 7. The number of rotatable bonds is 8. The molecule has 0 unspecified atom stereocenters. The summed E-state index contributed by atoms with van der Waals surface area (Å²) in [5, 5.41) is 3.47. The summed E-state index contributed by atoms with van der Waals surface area (Å²) in [6.07, 6.45) is 4.96. The summed E-state index contributed by atoms with van der Waals surface area (Å²) >= 11 is 0. The van der Waals surface area contributed by atoms with Crippen LogP contribution in [0.2, 0.25) is 0 Å². The Morgan fingerprint density at radius 1 is 0.912 bits per heavy atom. The van der Waals surface area contributed by atoms with Crippen LogP contribution in [0.1, 0.15) is 53.4 Å². The maximum atomic E-state index is 6.32. The lowest BCUT2D eigenvalue weighted by Gasteiger charge is -2.35. The molecule has 0 amide bonds. The second kappa shape index (κ2) is 10.6.